The maximum atomic E-state index is 4.52. The van der Waals surface area contributed by atoms with Gasteiger partial charge in [0.1, 0.15) is 17.5 Å². The van der Waals surface area contributed by atoms with Gasteiger partial charge in [-0.15, -0.1) is 5.10 Å². The van der Waals surface area contributed by atoms with Gasteiger partial charge in [-0.2, -0.15) is 0 Å². The Morgan fingerprint density at radius 2 is 1.93 bits per heavy atom. The first-order valence-electron chi connectivity index (χ1n) is 9.80. The van der Waals surface area contributed by atoms with Gasteiger partial charge in [0.05, 0.1) is 5.69 Å². The zero-order valence-corrected chi connectivity index (χ0v) is 15.3. The average Bonchev–Trinajstić information content (AvgIpc) is 3.36. The van der Waals surface area contributed by atoms with Crippen molar-refractivity contribution in [3.8, 4) is 0 Å². The molecule has 27 heavy (non-hydrogen) atoms. The van der Waals surface area contributed by atoms with Crippen molar-refractivity contribution in [3.63, 3.8) is 0 Å². The van der Waals surface area contributed by atoms with Crippen molar-refractivity contribution in [1.82, 2.24) is 30.1 Å². The zero-order chi connectivity index (χ0) is 18.1. The first-order valence-corrected chi connectivity index (χ1v) is 9.80. The molecule has 1 aliphatic rings. The van der Waals surface area contributed by atoms with E-state index in [4.69, 9.17) is 0 Å². The lowest BCUT2D eigenvalue weighted by atomic mass is 9.80. The van der Waals surface area contributed by atoms with E-state index in [-0.39, 0.29) is 0 Å². The monoisotopic (exact) mass is 360 g/mol. The number of hydrogen-bond donors (Lipinski definition) is 2. The number of hydrogen-bond acceptors (Lipinski definition) is 4. The lowest BCUT2D eigenvalue weighted by Gasteiger charge is -2.27. The van der Waals surface area contributed by atoms with E-state index in [0.717, 1.165) is 41.3 Å². The number of aromatic nitrogens is 5. The molecule has 1 fully saturated rings. The van der Waals surface area contributed by atoms with E-state index in [9.17, 15) is 0 Å². The summed E-state index contributed by atoms with van der Waals surface area (Å²) in [6.07, 6.45) is 8.54. The van der Waals surface area contributed by atoms with Crippen LogP contribution in [0.5, 0.6) is 0 Å². The minimum Gasteiger partial charge on any atom is -0.346 e. The Labute approximate surface area is 158 Å². The molecule has 0 atom stereocenters. The molecule has 0 amide bonds. The van der Waals surface area contributed by atoms with Gasteiger partial charge in [-0.3, -0.25) is 0 Å². The molecule has 0 bridgehead atoms. The lowest BCUT2D eigenvalue weighted by Crippen LogP contribution is -2.26. The van der Waals surface area contributed by atoms with Gasteiger partial charge in [-0.25, -0.2) is 9.50 Å². The Morgan fingerprint density at radius 3 is 2.78 bits per heavy atom. The topological polar surface area (TPSA) is 70.9 Å². The van der Waals surface area contributed by atoms with Crippen LogP contribution in [0.4, 0.5) is 0 Å². The van der Waals surface area contributed by atoms with Crippen molar-refractivity contribution >= 4 is 16.6 Å². The second-order valence-corrected chi connectivity index (χ2v) is 7.59. The van der Waals surface area contributed by atoms with Gasteiger partial charge >= 0.3 is 0 Å². The Bertz CT molecular complexity index is 1030. The summed E-state index contributed by atoms with van der Waals surface area (Å²) in [6.45, 7) is 2.05. The molecule has 3 heterocycles. The van der Waals surface area contributed by atoms with E-state index in [0.29, 0.717) is 5.92 Å². The van der Waals surface area contributed by atoms with E-state index in [1.54, 1.807) is 6.33 Å². The van der Waals surface area contributed by atoms with Crippen LogP contribution in [0.2, 0.25) is 0 Å². The Balaban J connectivity index is 1.23. The third-order valence-corrected chi connectivity index (χ3v) is 5.84. The van der Waals surface area contributed by atoms with Crippen LogP contribution >= 0.6 is 0 Å². The minimum atomic E-state index is 0.494. The van der Waals surface area contributed by atoms with Crippen LogP contribution in [-0.2, 0) is 6.54 Å². The molecule has 0 saturated heterocycles. The predicted octanol–water partition coefficient (Wildman–Crippen LogP) is 3.67. The van der Waals surface area contributed by atoms with E-state index in [1.807, 2.05) is 10.7 Å². The van der Waals surface area contributed by atoms with Gasteiger partial charge in [0, 0.05) is 24.0 Å². The zero-order valence-electron chi connectivity index (χ0n) is 15.3. The highest BCUT2D eigenvalue weighted by Crippen LogP contribution is 2.37. The van der Waals surface area contributed by atoms with Crippen molar-refractivity contribution in [2.45, 2.75) is 38.1 Å². The number of nitrogens with zero attached hydrogens (tertiary/aromatic N) is 4. The summed E-state index contributed by atoms with van der Waals surface area (Å²) in [4.78, 5) is 7.58. The molecule has 5 rings (SSSR count). The molecule has 0 unspecified atom stereocenters. The average molecular weight is 360 g/mol. The fourth-order valence-electron chi connectivity index (χ4n) is 4.35. The van der Waals surface area contributed by atoms with Crippen LogP contribution in [0, 0.1) is 5.92 Å². The molecule has 1 saturated carbocycles. The molecular weight excluding hydrogens is 336 g/mol. The molecule has 0 aliphatic heterocycles. The van der Waals surface area contributed by atoms with Gasteiger partial charge in [0.15, 0.2) is 0 Å². The van der Waals surface area contributed by atoms with Crippen LogP contribution < -0.4 is 5.32 Å². The molecule has 0 radical (unpaired) electrons. The highest BCUT2D eigenvalue weighted by atomic mass is 15.4. The van der Waals surface area contributed by atoms with E-state index < -0.39 is 0 Å². The van der Waals surface area contributed by atoms with Gasteiger partial charge in [0.25, 0.3) is 0 Å². The maximum absolute atomic E-state index is 4.52. The Morgan fingerprint density at radius 1 is 1.07 bits per heavy atom. The smallest absolute Gasteiger partial charge is 0.141 e. The second kappa shape index (κ2) is 7.12. The quantitative estimate of drug-likeness (QED) is 0.570. The van der Waals surface area contributed by atoms with Crippen LogP contribution in [0.25, 0.3) is 16.6 Å². The molecule has 6 heteroatoms. The number of H-pyrrole nitrogens is 1. The highest BCUT2D eigenvalue weighted by molar-refractivity contribution is 5.92. The number of benzene rings is 1. The summed E-state index contributed by atoms with van der Waals surface area (Å²) in [7, 11) is 0. The fraction of sp³-hybridized carbons (Fsp3) is 0.381. The molecule has 138 valence electrons. The van der Waals surface area contributed by atoms with Crippen molar-refractivity contribution in [1.29, 1.82) is 0 Å². The van der Waals surface area contributed by atoms with Crippen LogP contribution in [0.3, 0.4) is 0 Å². The molecule has 4 aromatic rings. The van der Waals surface area contributed by atoms with Crippen molar-refractivity contribution in [3.05, 3.63) is 60.2 Å². The molecule has 3 aromatic heterocycles. The van der Waals surface area contributed by atoms with Crippen LogP contribution in [-0.4, -0.2) is 31.3 Å². The number of aromatic amines is 1. The highest BCUT2D eigenvalue weighted by Gasteiger charge is 2.26. The fourth-order valence-corrected chi connectivity index (χ4v) is 4.35. The second-order valence-electron chi connectivity index (χ2n) is 7.59. The molecule has 1 aliphatic carbocycles. The van der Waals surface area contributed by atoms with Gasteiger partial charge in [-0.05, 0) is 49.8 Å². The van der Waals surface area contributed by atoms with Crippen molar-refractivity contribution < 1.29 is 0 Å². The molecule has 6 nitrogen and oxygen atoms in total. The Hall–Kier alpha value is -2.73. The first kappa shape index (κ1) is 16.4. The first-order chi connectivity index (χ1) is 13.4. The summed E-state index contributed by atoms with van der Waals surface area (Å²) in [5.41, 5.74) is 4.51. The molecule has 1 aromatic carbocycles. The van der Waals surface area contributed by atoms with E-state index >= 15 is 0 Å². The molecule has 2 N–H and O–H groups in total. The Kier molecular flexibility index (Phi) is 4.33. The summed E-state index contributed by atoms with van der Waals surface area (Å²) in [5.74, 6) is 1.24. The van der Waals surface area contributed by atoms with E-state index in [2.05, 4.69) is 62.0 Å². The standard InChI is InChI=1S/C21H24N6/c1-2-4-15(5-3-1)12-22-13-16-6-8-17(9-7-16)19-20-18-10-11-23-21(18)24-14-27(20)26-25-19/h1-5,10-11,14,16-17,22-23H,6-9,12-13H2. The van der Waals surface area contributed by atoms with E-state index in [1.165, 1.54) is 31.2 Å². The largest absolute Gasteiger partial charge is 0.346 e. The summed E-state index contributed by atoms with van der Waals surface area (Å²) >= 11 is 0. The summed E-state index contributed by atoms with van der Waals surface area (Å²) in [6, 6.07) is 12.7. The normalized spacial score (nSPS) is 20.4. The summed E-state index contributed by atoms with van der Waals surface area (Å²) < 4.78 is 1.82. The van der Waals surface area contributed by atoms with Gasteiger partial charge < -0.3 is 10.3 Å². The van der Waals surface area contributed by atoms with Gasteiger partial charge in [0.2, 0.25) is 0 Å². The lowest BCUT2D eigenvalue weighted by molar-refractivity contribution is 0.312. The van der Waals surface area contributed by atoms with Crippen LogP contribution in [0.15, 0.2) is 48.9 Å². The number of nitrogens with one attached hydrogen (secondary N) is 2. The van der Waals surface area contributed by atoms with Crippen LogP contribution in [0.1, 0.15) is 42.9 Å². The molecular formula is C21H24N6. The van der Waals surface area contributed by atoms with Crippen molar-refractivity contribution in [2.75, 3.05) is 6.54 Å². The van der Waals surface area contributed by atoms with Crippen molar-refractivity contribution in [2.24, 2.45) is 5.92 Å². The number of rotatable bonds is 5. The SMILES string of the molecule is c1ccc(CNCC2CCC(c3nnn4cnc5[nH]ccc5c34)CC2)cc1. The predicted molar refractivity (Wildman–Crippen MR) is 105 cm³/mol. The number of fused-ring (bicyclic) bond motifs is 3. The molecule has 0 spiro atoms. The summed E-state index contributed by atoms with van der Waals surface area (Å²) in [5, 5.41) is 13.6. The van der Waals surface area contributed by atoms with Gasteiger partial charge in [-0.1, -0.05) is 35.5 Å². The minimum absolute atomic E-state index is 0.494. The third-order valence-electron chi connectivity index (χ3n) is 5.84. The maximum Gasteiger partial charge on any atom is 0.141 e. The third kappa shape index (κ3) is 3.21.